The number of nitrogens with two attached hydrogens (primary N) is 1. The van der Waals surface area contributed by atoms with Gasteiger partial charge in [0.15, 0.2) is 0 Å². The lowest BCUT2D eigenvalue weighted by Gasteiger charge is -2.42. The molecular weight excluding hydrogens is 106 g/mol. The Kier molecular flexibility index (Phi) is 1.27. The van der Waals surface area contributed by atoms with E-state index in [1.165, 1.54) is 0 Å². The number of aliphatic hydroxyl groups excluding tert-OH is 2. The van der Waals surface area contributed by atoms with Crippen LogP contribution in [0.3, 0.4) is 0 Å². The fourth-order valence-electron chi connectivity index (χ4n) is 0.932. The average molecular weight is 117 g/mol. The van der Waals surface area contributed by atoms with Crippen molar-refractivity contribution in [2.24, 2.45) is 11.7 Å². The maximum atomic E-state index is 8.83. The second kappa shape index (κ2) is 1.69. The van der Waals surface area contributed by atoms with Gasteiger partial charge in [0, 0.05) is 12.0 Å². The first-order chi connectivity index (χ1) is 3.64. The molecule has 4 N–H and O–H groups in total. The third kappa shape index (κ3) is 0.555. The van der Waals surface area contributed by atoms with Crippen LogP contribution in [-0.4, -0.2) is 28.5 Å². The highest BCUT2D eigenvalue weighted by Crippen LogP contribution is 2.25. The molecule has 0 aliphatic heterocycles. The van der Waals surface area contributed by atoms with E-state index in [2.05, 4.69) is 0 Å². The van der Waals surface area contributed by atoms with Crippen LogP contribution in [0.25, 0.3) is 0 Å². The monoisotopic (exact) mass is 117 g/mol. The molecule has 48 valence electrons. The minimum absolute atomic E-state index is 0.0602. The van der Waals surface area contributed by atoms with Crippen molar-refractivity contribution in [2.45, 2.75) is 25.2 Å². The zero-order valence-electron chi connectivity index (χ0n) is 4.78. The molecule has 0 heterocycles. The molecule has 1 saturated carbocycles. The van der Waals surface area contributed by atoms with Crippen molar-refractivity contribution in [2.75, 3.05) is 0 Å². The Morgan fingerprint density at radius 1 is 1.25 bits per heavy atom. The molecule has 4 atom stereocenters. The molecule has 1 fully saturated rings. The third-order valence-corrected chi connectivity index (χ3v) is 1.89. The van der Waals surface area contributed by atoms with Gasteiger partial charge in [-0.1, -0.05) is 6.92 Å². The normalized spacial score (nSPS) is 55.5. The first kappa shape index (κ1) is 6.01. The summed E-state index contributed by atoms with van der Waals surface area (Å²) in [6.45, 7) is 1.82. The number of aliphatic hydroxyl groups is 2. The van der Waals surface area contributed by atoms with E-state index in [0.717, 1.165) is 0 Å². The largest absolute Gasteiger partial charge is 0.390 e. The second-order valence-electron chi connectivity index (χ2n) is 2.42. The van der Waals surface area contributed by atoms with Gasteiger partial charge in [0.1, 0.15) is 0 Å². The molecule has 0 bridgehead atoms. The van der Waals surface area contributed by atoms with Crippen LogP contribution in [0.15, 0.2) is 0 Å². The molecule has 0 amide bonds. The summed E-state index contributed by atoms with van der Waals surface area (Å²) < 4.78 is 0. The smallest absolute Gasteiger partial charge is 0.0956 e. The van der Waals surface area contributed by atoms with E-state index in [9.17, 15) is 0 Å². The first-order valence-electron chi connectivity index (χ1n) is 2.76. The highest BCUT2D eigenvalue weighted by Gasteiger charge is 2.43. The van der Waals surface area contributed by atoms with E-state index in [1.54, 1.807) is 0 Å². The van der Waals surface area contributed by atoms with E-state index in [0.29, 0.717) is 0 Å². The van der Waals surface area contributed by atoms with Crippen LogP contribution >= 0.6 is 0 Å². The van der Waals surface area contributed by atoms with Gasteiger partial charge < -0.3 is 15.9 Å². The van der Waals surface area contributed by atoms with E-state index in [-0.39, 0.29) is 12.0 Å². The number of rotatable bonds is 0. The lowest BCUT2D eigenvalue weighted by molar-refractivity contribution is -0.112. The Morgan fingerprint density at radius 2 is 1.75 bits per heavy atom. The minimum atomic E-state index is -0.690. The van der Waals surface area contributed by atoms with Gasteiger partial charge in [-0.15, -0.1) is 0 Å². The predicted molar refractivity (Wildman–Crippen MR) is 29.2 cm³/mol. The van der Waals surface area contributed by atoms with Crippen LogP contribution in [0, 0.1) is 5.92 Å². The van der Waals surface area contributed by atoms with Crippen molar-refractivity contribution in [3.8, 4) is 0 Å². The van der Waals surface area contributed by atoms with Crippen LogP contribution < -0.4 is 5.73 Å². The van der Waals surface area contributed by atoms with Gasteiger partial charge in [0.2, 0.25) is 0 Å². The lowest BCUT2D eigenvalue weighted by atomic mass is 9.76. The molecular formula is C5H11NO2. The first-order valence-corrected chi connectivity index (χ1v) is 2.76. The van der Waals surface area contributed by atoms with Crippen LogP contribution in [0.1, 0.15) is 6.92 Å². The molecule has 4 unspecified atom stereocenters. The molecule has 1 rings (SSSR count). The Labute approximate surface area is 48.1 Å². The van der Waals surface area contributed by atoms with Crippen LogP contribution in [0.4, 0.5) is 0 Å². The molecule has 3 heteroatoms. The van der Waals surface area contributed by atoms with Crippen molar-refractivity contribution in [3.63, 3.8) is 0 Å². The highest BCUT2D eigenvalue weighted by molar-refractivity contribution is 4.98. The molecule has 1 aliphatic carbocycles. The van der Waals surface area contributed by atoms with Crippen molar-refractivity contribution >= 4 is 0 Å². The summed E-state index contributed by atoms with van der Waals surface area (Å²) in [6.07, 6.45) is -1.28. The quantitative estimate of drug-likeness (QED) is 0.369. The van der Waals surface area contributed by atoms with Gasteiger partial charge in [-0.3, -0.25) is 0 Å². The van der Waals surface area contributed by atoms with Crippen molar-refractivity contribution in [1.29, 1.82) is 0 Å². The SMILES string of the molecule is CC1C(N)C(O)C1O. The molecule has 0 saturated heterocycles. The third-order valence-electron chi connectivity index (χ3n) is 1.89. The predicted octanol–water partition coefficient (Wildman–Crippen LogP) is -1.31. The molecule has 0 aromatic heterocycles. The van der Waals surface area contributed by atoms with Gasteiger partial charge in [-0.05, 0) is 0 Å². The highest BCUT2D eigenvalue weighted by atomic mass is 16.3. The Bertz CT molecular complexity index is 64.4. The zero-order valence-corrected chi connectivity index (χ0v) is 4.78. The molecule has 0 aromatic rings. The van der Waals surface area contributed by atoms with E-state index in [4.69, 9.17) is 15.9 Å². The molecule has 0 spiro atoms. The summed E-state index contributed by atoms with van der Waals surface area (Å²) >= 11 is 0. The van der Waals surface area contributed by atoms with Gasteiger partial charge in [-0.2, -0.15) is 0 Å². The van der Waals surface area contributed by atoms with Gasteiger partial charge in [0.05, 0.1) is 12.2 Å². The maximum absolute atomic E-state index is 8.83. The summed E-state index contributed by atoms with van der Waals surface area (Å²) in [5.41, 5.74) is 5.35. The molecule has 1 aliphatic rings. The Hall–Kier alpha value is -0.120. The summed E-state index contributed by atoms with van der Waals surface area (Å²) in [5, 5.41) is 17.6. The summed E-state index contributed by atoms with van der Waals surface area (Å²) in [5.74, 6) is 0.0602. The summed E-state index contributed by atoms with van der Waals surface area (Å²) in [7, 11) is 0. The molecule has 0 radical (unpaired) electrons. The number of hydrogen-bond acceptors (Lipinski definition) is 3. The fraction of sp³-hybridized carbons (Fsp3) is 1.00. The molecule has 0 aromatic carbocycles. The van der Waals surface area contributed by atoms with Crippen LogP contribution in [0.5, 0.6) is 0 Å². The van der Waals surface area contributed by atoms with Crippen molar-refractivity contribution in [3.05, 3.63) is 0 Å². The van der Waals surface area contributed by atoms with Gasteiger partial charge in [-0.25, -0.2) is 0 Å². The average Bonchev–Trinajstić information content (AvgIpc) is 1.83. The Morgan fingerprint density at radius 3 is 1.88 bits per heavy atom. The topological polar surface area (TPSA) is 66.5 Å². The summed E-state index contributed by atoms with van der Waals surface area (Å²) in [6, 6.07) is -0.218. The van der Waals surface area contributed by atoms with E-state index < -0.39 is 12.2 Å². The zero-order chi connectivity index (χ0) is 6.31. The van der Waals surface area contributed by atoms with Crippen LogP contribution in [-0.2, 0) is 0 Å². The Balaban J connectivity index is 2.42. The minimum Gasteiger partial charge on any atom is -0.390 e. The molecule has 8 heavy (non-hydrogen) atoms. The van der Waals surface area contributed by atoms with Crippen LogP contribution in [0.2, 0.25) is 0 Å². The van der Waals surface area contributed by atoms with Crippen molar-refractivity contribution < 1.29 is 10.2 Å². The van der Waals surface area contributed by atoms with E-state index in [1.807, 2.05) is 6.92 Å². The number of hydrogen-bond donors (Lipinski definition) is 3. The van der Waals surface area contributed by atoms with Gasteiger partial charge >= 0.3 is 0 Å². The summed E-state index contributed by atoms with van der Waals surface area (Å²) in [4.78, 5) is 0. The van der Waals surface area contributed by atoms with E-state index >= 15 is 0 Å². The lowest BCUT2D eigenvalue weighted by Crippen LogP contribution is -2.62. The fourth-order valence-corrected chi connectivity index (χ4v) is 0.932. The molecule has 3 nitrogen and oxygen atoms in total. The second-order valence-corrected chi connectivity index (χ2v) is 2.42. The maximum Gasteiger partial charge on any atom is 0.0956 e. The standard InChI is InChI=1S/C5H11NO2/c1-2-3(6)5(8)4(2)7/h2-5,7-8H,6H2,1H3. The van der Waals surface area contributed by atoms with Gasteiger partial charge in [0.25, 0.3) is 0 Å². The van der Waals surface area contributed by atoms with Crippen molar-refractivity contribution in [1.82, 2.24) is 0 Å².